The third-order valence-corrected chi connectivity index (χ3v) is 12.1. The van der Waals surface area contributed by atoms with E-state index in [1.807, 2.05) is 13.0 Å². The van der Waals surface area contributed by atoms with Crippen molar-refractivity contribution in [2.45, 2.75) is 132 Å². The van der Waals surface area contributed by atoms with Gasteiger partial charge < -0.3 is 98.0 Å². The van der Waals surface area contributed by atoms with Crippen molar-refractivity contribution in [3.8, 4) is 0 Å². The van der Waals surface area contributed by atoms with Crippen LogP contribution in [0.5, 0.6) is 0 Å². The van der Waals surface area contributed by atoms with Gasteiger partial charge in [-0.15, -0.1) is 0 Å². The highest BCUT2D eigenvalue weighted by Crippen LogP contribution is 2.20. The monoisotopic (exact) mass is 1090 g/mol. The van der Waals surface area contributed by atoms with Crippen molar-refractivity contribution in [3.05, 3.63) is 47.2 Å². The van der Waals surface area contributed by atoms with Crippen molar-refractivity contribution in [3.63, 3.8) is 0 Å². The van der Waals surface area contributed by atoms with E-state index in [0.29, 0.717) is 44.2 Å². The van der Waals surface area contributed by atoms with Crippen molar-refractivity contribution in [2.75, 3.05) is 52.4 Å². The third kappa shape index (κ3) is 23.4. The number of aryl methyl sites for hydroxylation is 1. The smallest absolute Gasteiger partial charge is 0.352 e. The molecule has 1 heterocycles. The molecule has 0 bridgehead atoms. The van der Waals surface area contributed by atoms with Crippen molar-refractivity contribution in [2.24, 2.45) is 55.9 Å². The van der Waals surface area contributed by atoms with E-state index in [2.05, 4.69) is 41.9 Å². The van der Waals surface area contributed by atoms with E-state index in [9.17, 15) is 58.5 Å². The summed E-state index contributed by atoms with van der Waals surface area (Å²) in [7, 11) is 0. The lowest BCUT2D eigenvalue weighted by atomic mass is 10.0. The number of aliphatic hydroxyl groups is 2. The number of guanidine groups is 1. The van der Waals surface area contributed by atoms with E-state index >= 15 is 0 Å². The molecule has 8 amide bonds. The number of amides is 8. The molecule has 0 saturated carbocycles. The average molecular weight is 1090 g/mol. The van der Waals surface area contributed by atoms with Crippen LogP contribution in [0.25, 0.3) is 0 Å². The summed E-state index contributed by atoms with van der Waals surface area (Å²) in [6.07, 6.45) is 0.410. The molecule has 1 aromatic carbocycles. The van der Waals surface area contributed by atoms with Crippen molar-refractivity contribution in [1.82, 2.24) is 36.8 Å². The highest BCUT2D eigenvalue weighted by molar-refractivity contribution is 6.40. The third-order valence-electron chi connectivity index (χ3n) is 12.1. The molecule has 1 aliphatic rings. The number of likely N-dealkylation sites (tertiary alicyclic amines) is 1. The molecule has 29 nitrogen and oxygen atoms in total. The number of aliphatic hydroxyl groups excluding tert-OH is 2. The van der Waals surface area contributed by atoms with E-state index in [0.717, 1.165) is 5.56 Å². The maximum absolute atomic E-state index is 14.3. The summed E-state index contributed by atoms with van der Waals surface area (Å²) in [5.74, 6) is -9.06. The second-order valence-corrected chi connectivity index (χ2v) is 18.3. The Morgan fingerprint density at radius 1 is 0.766 bits per heavy atom. The Balaban J connectivity index is 2.37. The van der Waals surface area contributed by atoms with Crippen LogP contribution in [0.2, 0.25) is 0 Å². The fourth-order valence-corrected chi connectivity index (χ4v) is 7.88. The lowest BCUT2D eigenvalue weighted by Crippen LogP contribution is -2.63. The van der Waals surface area contributed by atoms with Gasteiger partial charge in [0.2, 0.25) is 35.4 Å². The van der Waals surface area contributed by atoms with Crippen molar-refractivity contribution in [1.29, 1.82) is 0 Å². The molecule has 77 heavy (non-hydrogen) atoms. The molecule has 0 spiro atoms. The lowest BCUT2D eigenvalue weighted by molar-refractivity contribution is -0.137. The molecule has 8 atom stereocenters. The number of carbonyl (C=O) groups is 9. The van der Waals surface area contributed by atoms with E-state index in [4.69, 9.17) is 45.9 Å². The van der Waals surface area contributed by atoms with Crippen LogP contribution in [0.15, 0.2) is 46.0 Å². The number of unbranched alkanes of at least 4 members (excludes halogenated alkanes) is 2. The van der Waals surface area contributed by atoms with Crippen molar-refractivity contribution < 1.29 is 58.5 Å². The minimum absolute atomic E-state index is 0.0336. The van der Waals surface area contributed by atoms with Gasteiger partial charge in [-0.1, -0.05) is 42.3 Å². The number of aliphatic imine (C=N–C) groups is 2. The van der Waals surface area contributed by atoms with Crippen LogP contribution in [-0.2, 0) is 49.6 Å². The molecule has 25 N–H and O–H groups in total. The standard InChI is InChI=1S/C48H81N17O12/c1-27-10-6-11-28(22-27)23-33(42(71)60-30(13-3-5-18-50)41(70)61-32(47(76)77)15-8-20-57-48(55)56)62-43(72)34-16-9-21-65(34)46(75)31(14-7-19-51)59-37(68)26-58-44(73)38(35(66)24-52)64-45(74)39(36(67)25-53)63-40(69)29(54)12-2-4-17-49/h6,10-11,15,22,29-30,33-36,38-39,66-67H,2-5,7-9,12-14,16-21,23-26,49-54H2,1H3,(H,58,73)(H,60,71)(H,61,70)(H,62,72)(H,63,69)(H,64,74)(H,76,77)(H4,55,56,57)/b32-15-,59-31?/t29-,30-,33-,34-,35-,36-,38-,39-/m0/s1. The van der Waals surface area contributed by atoms with E-state index in [-0.39, 0.29) is 82.8 Å². The molecule has 1 aliphatic heterocycles. The second-order valence-electron chi connectivity index (χ2n) is 18.3. The van der Waals surface area contributed by atoms with Gasteiger partial charge in [0.05, 0.1) is 24.8 Å². The van der Waals surface area contributed by atoms with Crippen LogP contribution in [-0.4, -0.2) is 186 Å². The number of carboxylic acid groups (broad SMARTS) is 1. The first-order valence-electron chi connectivity index (χ1n) is 25.5. The number of nitrogens with two attached hydrogens (primary N) is 8. The van der Waals surface area contributed by atoms with E-state index in [1.54, 1.807) is 18.2 Å². The van der Waals surface area contributed by atoms with Crippen LogP contribution in [0.4, 0.5) is 0 Å². The Kier molecular flexibility index (Phi) is 30.4. The minimum Gasteiger partial charge on any atom is -0.477 e. The number of benzene rings is 1. The van der Waals surface area contributed by atoms with Gasteiger partial charge in [-0.25, -0.2) is 9.79 Å². The molecule has 0 radical (unpaired) electrons. The number of hydrogen-bond donors (Lipinski definition) is 17. The molecular formula is C48H81N17O12. The quantitative estimate of drug-likeness (QED) is 0.0130. The van der Waals surface area contributed by atoms with Crippen LogP contribution in [0, 0.1) is 6.92 Å². The lowest BCUT2D eigenvalue weighted by Gasteiger charge is -2.28. The summed E-state index contributed by atoms with van der Waals surface area (Å²) in [6.45, 7) is 0.637. The predicted molar refractivity (Wildman–Crippen MR) is 284 cm³/mol. The summed E-state index contributed by atoms with van der Waals surface area (Å²) >= 11 is 0. The number of aliphatic carboxylic acids is 1. The second kappa shape index (κ2) is 35.4. The fourth-order valence-electron chi connectivity index (χ4n) is 7.88. The van der Waals surface area contributed by atoms with Gasteiger partial charge in [0.15, 0.2) is 5.96 Å². The molecule has 0 unspecified atom stereocenters. The Hall–Kier alpha value is -6.99. The van der Waals surface area contributed by atoms with Crippen LogP contribution in [0.1, 0.15) is 81.8 Å². The van der Waals surface area contributed by atoms with Gasteiger partial charge >= 0.3 is 5.97 Å². The Morgan fingerprint density at radius 3 is 1.99 bits per heavy atom. The average Bonchev–Trinajstić information content (AvgIpc) is 3.90. The number of rotatable bonds is 35. The first-order chi connectivity index (χ1) is 36.6. The normalized spacial score (nSPS) is 16.3. The Bertz CT molecular complexity index is 2240. The fraction of sp³-hybridized carbons (Fsp3) is 0.604. The zero-order valence-electron chi connectivity index (χ0n) is 43.6. The molecule has 0 aromatic heterocycles. The minimum atomic E-state index is -1.84. The molecule has 2 rings (SSSR count). The van der Waals surface area contributed by atoms with E-state index < -0.39 is 127 Å². The topological polar surface area (TPSA) is 523 Å². The van der Waals surface area contributed by atoms with Gasteiger partial charge in [-0.3, -0.25) is 43.3 Å². The van der Waals surface area contributed by atoms with Gasteiger partial charge in [-0.05, 0) is 96.3 Å². The molecule has 1 saturated heterocycles. The maximum Gasteiger partial charge on any atom is 0.352 e. The summed E-state index contributed by atoms with van der Waals surface area (Å²) in [6, 6.07) is -1.36. The number of hydrogen-bond acceptors (Lipinski definition) is 18. The first kappa shape index (κ1) is 66.1. The molecule has 29 heteroatoms. The van der Waals surface area contributed by atoms with Gasteiger partial charge in [0, 0.05) is 32.6 Å². The maximum atomic E-state index is 14.3. The predicted octanol–water partition coefficient (Wildman–Crippen LogP) is -6.74. The molecule has 0 aliphatic carbocycles. The highest BCUT2D eigenvalue weighted by atomic mass is 16.4. The van der Waals surface area contributed by atoms with Crippen molar-refractivity contribution >= 4 is 64.9 Å². The van der Waals surface area contributed by atoms with Gasteiger partial charge in [-0.2, -0.15) is 0 Å². The molecule has 1 fully saturated rings. The first-order valence-corrected chi connectivity index (χ1v) is 25.5. The summed E-state index contributed by atoms with van der Waals surface area (Å²) in [5, 5.41) is 45.5. The molecule has 1 aromatic rings. The highest BCUT2D eigenvalue weighted by Gasteiger charge is 2.39. The zero-order valence-corrected chi connectivity index (χ0v) is 43.6. The molecule has 430 valence electrons. The number of carbonyl (C=O) groups excluding carboxylic acids is 8. The summed E-state index contributed by atoms with van der Waals surface area (Å²) < 4.78 is 0. The molecular weight excluding hydrogens is 1010 g/mol. The largest absolute Gasteiger partial charge is 0.477 e. The van der Waals surface area contributed by atoms with Crippen LogP contribution < -0.4 is 77.8 Å². The number of nitrogens with one attached hydrogen (secondary N) is 6. The summed E-state index contributed by atoms with van der Waals surface area (Å²) in [4.78, 5) is 130. The van der Waals surface area contributed by atoms with Crippen LogP contribution in [0.3, 0.4) is 0 Å². The van der Waals surface area contributed by atoms with Gasteiger partial charge in [0.25, 0.3) is 11.8 Å². The van der Waals surface area contributed by atoms with Gasteiger partial charge in [0.1, 0.15) is 41.6 Å². The Morgan fingerprint density at radius 2 is 1.39 bits per heavy atom. The number of carboxylic acids is 1. The summed E-state index contributed by atoms with van der Waals surface area (Å²) in [5.41, 5.74) is 45.5. The Labute approximate surface area is 446 Å². The SMILES string of the molecule is Cc1cccc(C[C@H](NC(=O)[C@@H]2CCCN2C(=O)C(CCCN)=NC(=O)CNC(=O)[C@@H](NC(=O)[C@@H](NC(=O)[C@@H](N)CCCCN)[C@@H](O)CN)[C@@H](O)CN)C(=O)N[C@@H](CCCCN)C(=O)N/C(=C\CCN=C(N)N)C(=O)O)c1. The number of nitrogens with zero attached hydrogens (tertiary/aromatic N) is 3. The zero-order chi connectivity index (χ0) is 57.6. The van der Waals surface area contributed by atoms with Crippen LogP contribution >= 0.6 is 0 Å². The van der Waals surface area contributed by atoms with E-state index in [1.165, 1.54) is 11.0 Å².